The summed E-state index contributed by atoms with van der Waals surface area (Å²) in [5.41, 5.74) is 11.0. The number of nitrogens with zero attached hydrogens (tertiary/aromatic N) is 3. The molecule has 1 aromatic carbocycles. The molecule has 0 atom stereocenters. The van der Waals surface area contributed by atoms with Crippen molar-refractivity contribution < 1.29 is 4.79 Å². The highest BCUT2D eigenvalue weighted by atomic mass is 16.2. The number of fused-ring (bicyclic) bond motifs is 1. The minimum Gasteiger partial charge on any atom is -0.339 e. The molecule has 4 heterocycles. The molecule has 0 bridgehead atoms. The normalized spacial score (nSPS) is 14.9. The minimum atomic E-state index is -0.0363. The van der Waals surface area contributed by atoms with E-state index in [1.54, 1.807) is 12.3 Å². The molecule has 6 heteroatoms. The number of hydrogen-bond donors (Lipinski definition) is 2. The number of amides is 1. The summed E-state index contributed by atoms with van der Waals surface area (Å²) >= 11 is 0. The average molecular weight is 397 g/mol. The highest BCUT2D eigenvalue weighted by molar-refractivity contribution is 5.93. The van der Waals surface area contributed by atoms with Crippen LogP contribution in [0.1, 0.15) is 23.3 Å². The van der Waals surface area contributed by atoms with Gasteiger partial charge in [-0.3, -0.25) is 4.79 Å². The van der Waals surface area contributed by atoms with Crippen LogP contribution in [0.15, 0.2) is 66.9 Å². The summed E-state index contributed by atoms with van der Waals surface area (Å²) in [6.07, 6.45) is 3.47. The molecular formula is C24H23N5O. The van der Waals surface area contributed by atoms with Gasteiger partial charge in [0.15, 0.2) is 0 Å². The number of carbonyl (C=O) groups excluding carboxylic acids is 1. The number of piperidine rings is 1. The fourth-order valence-electron chi connectivity index (χ4n) is 3.91. The van der Waals surface area contributed by atoms with E-state index >= 15 is 0 Å². The molecule has 1 amide bonds. The van der Waals surface area contributed by atoms with Crippen LogP contribution in [0.4, 0.5) is 0 Å². The van der Waals surface area contributed by atoms with Gasteiger partial charge in [0.25, 0.3) is 5.91 Å². The Kier molecular flexibility index (Phi) is 4.77. The van der Waals surface area contributed by atoms with E-state index in [9.17, 15) is 4.79 Å². The van der Waals surface area contributed by atoms with E-state index in [0.717, 1.165) is 46.4 Å². The van der Waals surface area contributed by atoms with Crippen molar-refractivity contribution in [2.24, 2.45) is 5.73 Å². The van der Waals surface area contributed by atoms with Gasteiger partial charge < -0.3 is 15.6 Å². The number of nitrogens with two attached hydrogens (primary N) is 1. The topological polar surface area (TPSA) is 87.9 Å². The largest absolute Gasteiger partial charge is 0.339 e. The Morgan fingerprint density at radius 2 is 1.80 bits per heavy atom. The van der Waals surface area contributed by atoms with Gasteiger partial charge in [0, 0.05) is 42.0 Å². The number of pyridine rings is 2. The summed E-state index contributed by atoms with van der Waals surface area (Å²) in [5.74, 6) is -0.0363. The second-order valence-electron chi connectivity index (χ2n) is 7.75. The van der Waals surface area contributed by atoms with E-state index in [2.05, 4.69) is 39.2 Å². The van der Waals surface area contributed by atoms with Gasteiger partial charge in [0.1, 0.15) is 11.3 Å². The Morgan fingerprint density at radius 1 is 1.00 bits per heavy atom. The minimum absolute atomic E-state index is 0.0363. The molecule has 1 aliphatic heterocycles. The van der Waals surface area contributed by atoms with Crippen LogP contribution in [0.2, 0.25) is 0 Å². The summed E-state index contributed by atoms with van der Waals surface area (Å²) in [5, 5.41) is 1.01. The lowest BCUT2D eigenvalue weighted by atomic mass is 10.1. The lowest BCUT2D eigenvalue weighted by Gasteiger charge is -2.29. The predicted molar refractivity (Wildman–Crippen MR) is 118 cm³/mol. The smallest absolute Gasteiger partial charge is 0.272 e. The van der Waals surface area contributed by atoms with Crippen LogP contribution in [-0.2, 0) is 0 Å². The molecule has 1 aliphatic rings. The molecule has 0 aliphatic carbocycles. The standard InChI is InChI=1S/C24H23N5O/c25-19-9-11-29(12-10-19)24(30)21-8-4-7-20(27-21)18-13-17-14-22(28-23(17)26-15-18)16-5-2-1-3-6-16/h1-8,13-15,19H,9-12,25H2,(H,26,28). The molecule has 0 spiro atoms. The van der Waals surface area contributed by atoms with Crippen molar-refractivity contribution in [2.75, 3.05) is 13.1 Å². The maximum absolute atomic E-state index is 12.9. The van der Waals surface area contributed by atoms with E-state index < -0.39 is 0 Å². The first-order valence-electron chi connectivity index (χ1n) is 10.2. The van der Waals surface area contributed by atoms with Crippen LogP contribution < -0.4 is 5.73 Å². The number of likely N-dealkylation sites (tertiary alicyclic amines) is 1. The van der Waals surface area contributed by atoms with E-state index in [1.807, 2.05) is 35.2 Å². The van der Waals surface area contributed by atoms with Crippen LogP contribution in [0.25, 0.3) is 33.5 Å². The summed E-state index contributed by atoms with van der Waals surface area (Å²) in [6, 6.07) is 20.1. The Balaban J connectivity index is 1.44. The van der Waals surface area contributed by atoms with Crippen molar-refractivity contribution in [1.82, 2.24) is 19.9 Å². The summed E-state index contributed by atoms with van der Waals surface area (Å²) in [4.78, 5) is 27.3. The molecule has 0 radical (unpaired) electrons. The second-order valence-corrected chi connectivity index (χ2v) is 7.75. The SMILES string of the molecule is NC1CCN(C(=O)c2cccc(-c3cnc4[nH]c(-c5ccccc5)cc4c3)n2)CC1. The zero-order chi connectivity index (χ0) is 20.5. The molecule has 5 rings (SSSR count). The maximum Gasteiger partial charge on any atom is 0.272 e. The Hall–Kier alpha value is -3.51. The first-order chi connectivity index (χ1) is 14.7. The van der Waals surface area contributed by atoms with Gasteiger partial charge >= 0.3 is 0 Å². The number of hydrogen-bond acceptors (Lipinski definition) is 4. The quantitative estimate of drug-likeness (QED) is 0.550. The van der Waals surface area contributed by atoms with Gasteiger partial charge in [0.2, 0.25) is 0 Å². The van der Waals surface area contributed by atoms with Crippen LogP contribution in [0, 0.1) is 0 Å². The third-order valence-corrected chi connectivity index (χ3v) is 5.65. The lowest BCUT2D eigenvalue weighted by Crippen LogP contribution is -2.43. The summed E-state index contributed by atoms with van der Waals surface area (Å²) < 4.78 is 0. The highest BCUT2D eigenvalue weighted by Crippen LogP contribution is 2.26. The molecule has 3 N–H and O–H groups in total. The fourth-order valence-corrected chi connectivity index (χ4v) is 3.91. The third-order valence-electron chi connectivity index (χ3n) is 5.65. The van der Waals surface area contributed by atoms with Gasteiger partial charge in [-0.05, 0) is 42.7 Å². The molecule has 30 heavy (non-hydrogen) atoms. The van der Waals surface area contributed by atoms with Crippen molar-refractivity contribution in [3.63, 3.8) is 0 Å². The molecule has 4 aromatic rings. The fraction of sp³-hybridized carbons (Fsp3) is 0.208. The number of nitrogens with one attached hydrogen (secondary N) is 1. The number of aromatic nitrogens is 3. The van der Waals surface area contributed by atoms with Crippen LogP contribution in [-0.4, -0.2) is 44.9 Å². The van der Waals surface area contributed by atoms with Crippen molar-refractivity contribution >= 4 is 16.9 Å². The molecule has 3 aromatic heterocycles. The molecule has 0 saturated carbocycles. The van der Waals surface area contributed by atoms with Crippen LogP contribution >= 0.6 is 0 Å². The van der Waals surface area contributed by atoms with Gasteiger partial charge in [0.05, 0.1) is 5.69 Å². The molecule has 6 nitrogen and oxygen atoms in total. The maximum atomic E-state index is 12.9. The molecule has 150 valence electrons. The van der Waals surface area contributed by atoms with E-state index in [4.69, 9.17) is 5.73 Å². The monoisotopic (exact) mass is 397 g/mol. The summed E-state index contributed by atoms with van der Waals surface area (Å²) in [7, 11) is 0. The van der Waals surface area contributed by atoms with Crippen LogP contribution in [0.5, 0.6) is 0 Å². The number of aromatic amines is 1. The van der Waals surface area contributed by atoms with Crippen molar-refractivity contribution in [1.29, 1.82) is 0 Å². The van der Waals surface area contributed by atoms with Crippen LogP contribution in [0.3, 0.4) is 0 Å². The molecule has 1 saturated heterocycles. The Bertz CT molecular complexity index is 1190. The summed E-state index contributed by atoms with van der Waals surface area (Å²) in [6.45, 7) is 1.37. The molecule has 0 unspecified atom stereocenters. The second kappa shape index (κ2) is 7.72. The molecule has 1 fully saturated rings. The zero-order valence-electron chi connectivity index (χ0n) is 16.6. The van der Waals surface area contributed by atoms with Crippen molar-refractivity contribution in [3.05, 3.63) is 72.6 Å². The lowest BCUT2D eigenvalue weighted by molar-refractivity contribution is 0.0709. The van der Waals surface area contributed by atoms with E-state index in [1.165, 1.54) is 0 Å². The average Bonchev–Trinajstić information content (AvgIpc) is 3.23. The van der Waals surface area contributed by atoms with Crippen molar-refractivity contribution in [3.8, 4) is 22.5 Å². The third kappa shape index (κ3) is 3.57. The van der Waals surface area contributed by atoms with Gasteiger partial charge in [-0.2, -0.15) is 0 Å². The Morgan fingerprint density at radius 3 is 2.60 bits per heavy atom. The first kappa shape index (κ1) is 18.5. The molecular weight excluding hydrogens is 374 g/mol. The van der Waals surface area contributed by atoms with Gasteiger partial charge in [-0.15, -0.1) is 0 Å². The number of H-pyrrole nitrogens is 1. The zero-order valence-corrected chi connectivity index (χ0v) is 16.6. The van der Waals surface area contributed by atoms with Gasteiger partial charge in [-0.25, -0.2) is 9.97 Å². The van der Waals surface area contributed by atoms with Crippen molar-refractivity contribution in [2.45, 2.75) is 18.9 Å². The highest BCUT2D eigenvalue weighted by Gasteiger charge is 2.22. The number of rotatable bonds is 3. The number of benzene rings is 1. The van der Waals surface area contributed by atoms with E-state index in [-0.39, 0.29) is 11.9 Å². The first-order valence-corrected chi connectivity index (χ1v) is 10.2. The Labute approximate surface area is 174 Å². The predicted octanol–water partition coefficient (Wildman–Crippen LogP) is 3.86. The number of carbonyl (C=O) groups is 1. The van der Waals surface area contributed by atoms with Gasteiger partial charge in [-0.1, -0.05) is 36.4 Å². The van der Waals surface area contributed by atoms with E-state index in [0.29, 0.717) is 18.8 Å².